The summed E-state index contributed by atoms with van der Waals surface area (Å²) in [6.07, 6.45) is 1.06. The van der Waals surface area contributed by atoms with Crippen molar-refractivity contribution in [3.63, 3.8) is 0 Å². The fourth-order valence-electron chi connectivity index (χ4n) is 0.817. The largest absolute Gasteiger partial charge is 0.435 e. The van der Waals surface area contributed by atoms with Crippen LogP contribution >= 0.6 is 0 Å². The van der Waals surface area contributed by atoms with Crippen molar-refractivity contribution in [3.05, 3.63) is 24.3 Å². The molecule has 0 aliphatic rings. The lowest BCUT2D eigenvalue weighted by atomic mass is 10.3. The zero-order chi connectivity index (χ0) is 10.4. The molecule has 0 radical (unpaired) electrons. The van der Waals surface area contributed by atoms with Gasteiger partial charge >= 0.3 is 6.61 Å². The van der Waals surface area contributed by atoms with Crippen LogP contribution < -0.4 is 10.2 Å². The van der Waals surface area contributed by atoms with E-state index in [9.17, 15) is 8.78 Å². The lowest BCUT2D eigenvalue weighted by Crippen LogP contribution is -2.01. The minimum atomic E-state index is -2.83. The molecular formula is C8H8F2N2O2. The third-order valence-electron chi connectivity index (χ3n) is 1.33. The average molecular weight is 202 g/mol. The molecule has 0 aliphatic carbocycles. The molecule has 14 heavy (non-hydrogen) atoms. The lowest BCUT2D eigenvalue weighted by molar-refractivity contribution is -0.0498. The van der Waals surface area contributed by atoms with E-state index in [4.69, 9.17) is 5.21 Å². The van der Waals surface area contributed by atoms with Gasteiger partial charge in [0.05, 0.1) is 5.69 Å². The maximum absolute atomic E-state index is 11.7. The maximum Gasteiger partial charge on any atom is 0.387 e. The highest BCUT2D eigenvalue weighted by molar-refractivity contribution is 5.59. The first-order valence-corrected chi connectivity index (χ1v) is 3.69. The van der Waals surface area contributed by atoms with E-state index in [1.807, 2.05) is 0 Å². The van der Waals surface area contributed by atoms with E-state index in [1.165, 1.54) is 24.3 Å². The van der Waals surface area contributed by atoms with Crippen LogP contribution in [0.25, 0.3) is 0 Å². The zero-order valence-electron chi connectivity index (χ0n) is 7.02. The Morgan fingerprint density at radius 1 is 1.36 bits per heavy atom. The number of nitrogens with zero attached hydrogens (tertiary/aromatic N) is 1. The lowest BCUT2D eigenvalue weighted by Gasteiger charge is -2.03. The number of hydrogen-bond acceptors (Lipinski definition) is 3. The van der Waals surface area contributed by atoms with Gasteiger partial charge in [-0.05, 0) is 24.3 Å². The molecular weight excluding hydrogens is 194 g/mol. The molecule has 0 spiro atoms. The fourth-order valence-corrected chi connectivity index (χ4v) is 0.817. The maximum atomic E-state index is 11.7. The van der Waals surface area contributed by atoms with E-state index in [2.05, 4.69) is 9.73 Å². The van der Waals surface area contributed by atoms with Crippen molar-refractivity contribution in [2.45, 2.75) is 6.61 Å². The van der Waals surface area contributed by atoms with Crippen molar-refractivity contribution in [1.29, 1.82) is 0 Å². The smallest absolute Gasteiger partial charge is 0.387 e. The summed E-state index contributed by atoms with van der Waals surface area (Å²) in [7, 11) is 0. The second-order valence-corrected chi connectivity index (χ2v) is 2.26. The van der Waals surface area contributed by atoms with E-state index < -0.39 is 6.61 Å². The summed E-state index contributed by atoms with van der Waals surface area (Å²) in [6.45, 7) is -2.83. The van der Waals surface area contributed by atoms with Gasteiger partial charge in [0.2, 0.25) is 0 Å². The van der Waals surface area contributed by atoms with Crippen LogP contribution in [0.2, 0.25) is 0 Å². The van der Waals surface area contributed by atoms with Crippen molar-refractivity contribution in [1.82, 2.24) is 5.48 Å². The first kappa shape index (κ1) is 10.4. The number of rotatable bonds is 4. The SMILES string of the molecule is ONC=Nc1ccc(OC(F)F)cc1. The minimum Gasteiger partial charge on any atom is -0.435 e. The second-order valence-electron chi connectivity index (χ2n) is 2.26. The Morgan fingerprint density at radius 3 is 2.50 bits per heavy atom. The van der Waals surface area contributed by atoms with Gasteiger partial charge in [0.15, 0.2) is 0 Å². The summed E-state index contributed by atoms with van der Waals surface area (Å²) in [5.74, 6) is 0.0657. The van der Waals surface area contributed by atoms with Gasteiger partial charge in [-0.25, -0.2) is 4.99 Å². The summed E-state index contributed by atoms with van der Waals surface area (Å²) in [5.41, 5.74) is 2.23. The number of benzene rings is 1. The van der Waals surface area contributed by atoms with Gasteiger partial charge < -0.3 is 4.74 Å². The van der Waals surface area contributed by atoms with Crippen LogP contribution in [0.3, 0.4) is 0 Å². The van der Waals surface area contributed by atoms with Crippen molar-refractivity contribution in [3.8, 4) is 5.75 Å². The monoisotopic (exact) mass is 202 g/mol. The standard InChI is InChI=1S/C8H8F2N2O2/c9-8(10)14-7-3-1-6(2-4-7)11-5-12-13/h1-5,8,13H,(H,11,12). The predicted octanol–water partition coefficient (Wildman–Crippen LogP) is 1.93. The molecule has 2 N–H and O–H groups in total. The van der Waals surface area contributed by atoms with Crippen LogP contribution in [-0.2, 0) is 0 Å². The molecule has 1 rings (SSSR count). The minimum absolute atomic E-state index is 0.0657. The Hall–Kier alpha value is -1.69. The van der Waals surface area contributed by atoms with Crippen molar-refractivity contribution in [2.24, 2.45) is 4.99 Å². The predicted molar refractivity (Wildman–Crippen MR) is 46.1 cm³/mol. The molecule has 76 valence electrons. The van der Waals surface area contributed by atoms with Crippen molar-refractivity contribution >= 4 is 12.0 Å². The molecule has 6 heteroatoms. The molecule has 0 aliphatic heterocycles. The average Bonchev–Trinajstić information content (AvgIpc) is 2.16. The Bertz CT molecular complexity index is 301. The van der Waals surface area contributed by atoms with Crippen LogP contribution in [0.15, 0.2) is 29.3 Å². The summed E-state index contributed by atoms with van der Waals surface area (Å²) in [6, 6.07) is 5.67. The van der Waals surface area contributed by atoms with Crippen LogP contribution in [0, 0.1) is 0 Å². The highest BCUT2D eigenvalue weighted by atomic mass is 19.3. The van der Waals surface area contributed by atoms with Gasteiger partial charge in [-0.1, -0.05) is 0 Å². The topological polar surface area (TPSA) is 53.8 Å². The van der Waals surface area contributed by atoms with Gasteiger partial charge in [0.1, 0.15) is 12.1 Å². The molecule has 0 saturated carbocycles. The number of ether oxygens (including phenoxy) is 1. The van der Waals surface area contributed by atoms with E-state index in [-0.39, 0.29) is 5.75 Å². The van der Waals surface area contributed by atoms with Crippen molar-refractivity contribution < 1.29 is 18.7 Å². The molecule has 1 aromatic rings. The van der Waals surface area contributed by atoms with Crippen LogP contribution in [0.4, 0.5) is 14.5 Å². The third-order valence-corrected chi connectivity index (χ3v) is 1.33. The molecule has 0 heterocycles. The normalized spacial score (nSPS) is 10.9. The van der Waals surface area contributed by atoms with E-state index >= 15 is 0 Å². The van der Waals surface area contributed by atoms with Gasteiger partial charge in [-0.3, -0.25) is 10.7 Å². The van der Waals surface area contributed by atoms with Gasteiger partial charge in [0.25, 0.3) is 0 Å². The summed E-state index contributed by atoms with van der Waals surface area (Å²) < 4.78 is 27.6. The highest BCUT2D eigenvalue weighted by Gasteiger charge is 2.02. The molecule has 0 saturated heterocycles. The number of hydroxylamine groups is 1. The number of halogens is 2. The Kier molecular flexibility index (Phi) is 3.81. The van der Waals surface area contributed by atoms with E-state index in [0.29, 0.717) is 5.69 Å². The number of hydrogen-bond donors (Lipinski definition) is 2. The molecule has 0 fully saturated rings. The Labute approximate surface area is 78.8 Å². The van der Waals surface area contributed by atoms with E-state index in [0.717, 1.165) is 6.34 Å². The van der Waals surface area contributed by atoms with E-state index in [1.54, 1.807) is 5.48 Å². The van der Waals surface area contributed by atoms with Gasteiger partial charge in [0, 0.05) is 0 Å². The Morgan fingerprint density at radius 2 is 2.00 bits per heavy atom. The summed E-state index contributed by atoms with van der Waals surface area (Å²) in [4.78, 5) is 3.72. The van der Waals surface area contributed by atoms with Crippen molar-refractivity contribution in [2.75, 3.05) is 0 Å². The number of nitrogens with one attached hydrogen (secondary N) is 1. The van der Waals surface area contributed by atoms with Crippen LogP contribution in [-0.4, -0.2) is 18.2 Å². The fraction of sp³-hybridized carbons (Fsp3) is 0.125. The molecule has 0 unspecified atom stereocenters. The van der Waals surface area contributed by atoms with Gasteiger partial charge in [-0.15, -0.1) is 0 Å². The highest BCUT2D eigenvalue weighted by Crippen LogP contribution is 2.18. The molecule has 0 bridgehead atoms. The third kappa shape index (κ3) is 3.36. The second kappa shape index (κ2) is 5.13. The molecule has 0 amide bonds. The molecule has 1 aromatic carbocycles. The molecule has 0 aromatic heterocycles. The molecule has 4 nitrogen and oxygen atoms in total. The summed E-state index contributed by atoms with van der Waals surface area (Å²) >= 11 is 0. The first-order chi connectivity index (χ1) is 6.72. The quantitative estimate of drug-likeness (QED) is 0.445. The summed E-state index contributed by atoms with van der Waals surface area (Å²) in [5, 5.41) is 8.18. The van der Waals surface area contributed by atoms with Gasteiger partial charge in [-0.2, -0.15) is 8.78 Å². The number of alkyl halides is 2. The van der Waals surface area contributed by atoms with Crippen LogP contribution in [0.1, 0.15) is 0 Å². The number of aliphatic imine (C=N–C) groups is 1. The van der Waals surface area contributed by atoms with Crippen LogP contribution in [0.5, 0.6) is 5.75 Å². The first-order valence-electron chi connectivity index (χ1n) is 3.69. The Balaban J connectivity index is 2.64. The zero-order valence-corrected chi connectivity index (χ0v) is 7.02. The molecule has 0 atom stereocenters.